The molecule has 1 aromatic carbocycles. The molecule has 0 aliphatic carbocycles. The van der Waals surface area contributed by atoms with Gasteiger partial charge in [0.05, 0.1) is 17.5 Å². The number of fused-ring (bicyclic) bond motifs is 2. The van der Waals surface area contributed by atoms with E-state index in [0.717, 1.165) is 35.4 Å². The third kappa shape index (κ3) is 3.84. The number of nitrogens with one attached hydrogen (secondary N) is 1. The molecule has 0 spiro atoms. The lowest BCUT2D eigenvalue weighted by atomic mass is 9.99. The van der Waals surface area contributed by atoms with Gasteiger partial charge < -0.3 is 14.8 Å². The van der Waals surface area contributed by atoms with Crippen molar-refractivity contribution in [3.8, 4) is 22.6 Å². The molecule has 1 atom stereocenters. The normalized spacial score (nSPS) is 13.6. The Morgan fingerprint density at radius 1 is 1.23 bits per heavy atom. The zero-order valence-corrected chi connectivity index (χ0v) is 17.8. The van der Waals surface area contributed by atoms with Crippen LogP contribution in [0.2, 0.25) is 0 Å². The summed E-state index contributed by atoms with van der Waals surface area (Å²) in [5.41, 5.74) is 3.85. The lowest BCUT2D eigenvalue weighted by Crippen LogP contribution is -2.30. The van der Waals surface area contributed by atoms with Crippen molar-refractivity contribution >= 4 is 11.6 Å². The van der Waals surface area contributed by atoms with Gasteiger partial charge in [-0.25, -0.2) is 9.50 Å². The minimum absolute atomic E-state index is 0.100. The SMILES string of the molecule is CCCC[C@@H](CC)CNC(=O)c1cnc2c(-c3ccc4c(c3)OCO4)cnn2c1C. The Kier molecular flexibility index (Phi) is 5.88. The molecule has 2 aromatic heterocycles. The number of benzene rings is 1. The average molecular weight is 409 g/mol. The lowest BCUT2D eigenvalue weighted by Gasteiger charge is -2.16. The van der Waals surface area contributed by atoms with Crippen molar-refractivity contribution in [1.29, 1.82) is 0 Å². The van der Waals surface area contributed by atoms with E-state index in [4.69, 9.17) is 9.47 Å². The smallest absolute Gasteiger partial charge is 0.254 e. The number of rotatable bonds is 8. The van der Waals surface area contributed by atoms with Crippen LogP contribution in [0.25, 0.3) is 16.8 Å². The fourth-order valence-corrected chi connectivity index (χ4v) is 3.81. The number of carbonyl (C=O) groups is 1. The van der Waals surface area contributed by atoms with Crippen molar-refractivity contribution in [3.63, 3.8) is 0 Å². The van der Waals surface area contributed by atoms with E-state index in [1.54, 1.807) is 16.9 Å². The fraction of sp³-hybridized carbons (Fsp3) is 0.435. The summed E-state index contributed by atoms with van der Waals surface area (Å²) in [6.45, 7) is 7.19. The van der Waals surface area contributed by atoms with Gasteiger partial charge in [-0.3, -0.25) is 4.79 Å². The number of aromatic nitrogens is 3. The highest BCUT2D eigenvalue weighted by atomic mass is 16.7. The molecule has 0 saturated heterocycles. The monoisotopic (exact) mass is 408 g/mol. The minimum atomic E-state index is -0.100. The summed E-state index contributed by atoms with van der Waals surface area (Å²) in [7, 11) is 0. The molecule has 0 radical (unpaired) electrons. The first-order valence-corrected chi connectivity index (χ1v) is 10.6. The summed E-state index contributed by atoms with van der Waals surface area (Å²) < 4.78 is 12.6. The van der Waals surface area contributed by atoms with Crippen molar-refractivity contribution < 1.29 is 14.3 Å². The number of aryl methyl sites for hydroxylation is 1. The van der Waals surface area contributed by atoms with Crippen molar-refractivity contribution in [2.45, 2.75) is 46.5 Å². The van der Waals surface area contributed by atoms with Crippen LogP contribution >= 0.6 is 0 Å². The number of ether oxygens (including phenoxy) is 2. The highest BCUT2D eigenvalue weighted by molar-refractivity contribution is 5.95. The molecule has 0 saturated carbocycles. The van der Waals surface area contributed by atoms with Gasteiger partial charge in [-0.2, -0.15) is 5.10 Å². The van der Waals surface area contributed by atoms with E-state index in [1.165, 1.54) is 12.8 Å². The van der Waals surface area contributed by atoms with Gasteiger partial charge >= 0.3 is 0 Å². The summed E-state index contributed by atoms with van der Waals surface area (Å²) in [4.78, 5) is 17.3. The van der Waals surface area contributed by atoms with Gasteiger partial charge in [-0.1, -0.05) is 39.2 Å². The van der Waals surface area contributed by atoms with Crippen molar-refractivity contribution in [1.82, 2.24) is 19.9 Å². The lowest BCUT2D eigenvalue weighted by molar-refractivity contribution is 0.0944. The Labute approximate surface area is 176 Å². The molecule has 0 bridgehead atoms. The van der Waals surface area contributed by atoms with Crippen molar-refractivity contribution in [2.75, 3.05) is 13.3 Å². The molecule has 7 heteroatoms. The maximum atomic E-state index is 12.8. The van der Waals surface area contributed by atoms with E-state index >= 15 is 0 Å². The Balaban J connectivity index is 1.56. The van der Waals surface area contributed by atoms with E-state index in [-0.39, 0.29) is 12.7 Å². The zero-order chi connectivity index (χ0) is 21.1. The maximum Gasteiger partial charge on any atom is 0.254 e. The van der Waals surface area contributed by atoms with E-state index in [0.29, 0.717) is 29.4 Å². The predicted octanol–water partition coefficient (Wildman–Crippen LogP) is 4.38. The number of hydrogen-bond acceptors (Lipinski definition) is 5. The highest BCUT2D eigenvalue weighted by Gasteiger charge is 2.19. The number of unbranched alkanes of at least 4 members (excludes halogenated alkanes) is 1. The summed E-state index contributed by atoms with van der Waals surface area (Å²) in [5.74, 6) is 1.86. The van der Waals surface area contributed by atoms with Gasteiger partial charge in [0.25, 0.3) is 5.91 Å². The van der Waals surface area contributed by atoms with Crippen LogP contribution in [0.15, 0.2) is 30.6 Å². The molecule has 1 aliphatic rings. The van der Waals surface area contributed by atoms with Crippen LogP contribution < -0.4 is 14.8 Å². The molecule has 3 aromatic rings. The first kappa shape index (κ1) is 20.2. The summed E-state index contributed by atoms with van der Waals surface area (Å²) >= 11 is 0. The Bertz CT molecular complexity index is 1060. The average Bonchev–Trinajstić information content (AvgIpc) is 3.40. The van der Waals surface area contributed by atoms with Crippen LogP contribution in [0.4, 0.5) is 0 Å². The van der Waals surface area contributed by atoms with Crippen molar-refractivity contribution in [2.24, 2.45) is 5.92 Å². The molecular formula is C23H28N4O3. The van der Waals surface area contributed by atoms with Crippen LogP contribution in [-0.4, -0.2) is 33.8 Å². The molecule has 0 unspecified atom stereocenters. The number of nitrogens with zero attached hydrogens (tertiary/aromatic N) is 3. The molecular weight excluding hydrogens is 380 g/mol. The number of hydrogen-bond donors (Lipinski definition) is 1. The van der Waals surface area contributed by atoms with Crippen LogP contribution in [0, 0.1) is 12.8 Å². The molecule has 4 rings (SSSR count). The van der Waals surface area contributed by atoms with E-state index in [2.05, 4.69) is 29.2 Å². The largest absolute Gasteiger partial charge is 0.454 e. The molecule has 7 nitrogen and oxygen atoms in total. The maximum absolute atomic E-state index is 12.8. The number of carbonyl (C=O) groups excluding carboxylic acids is 1. The Morgan fingerprint density at radius 2 is 2.07 bits per heavy atom. The predicted molar refractivity (Wildman–Crippen MR) is 115 cm³/mol. The van der Waals surface area contributed by atoms with Gasteiger partial charge in [-0.05, 0) is 37.0 Å². The van der Waals surface area contributed by atoms with Crippen molar-refractivity contribution in [3.05, 3.63) is 41.9 Å². The Hall–Kier alpha value is -3.09. The van der Waals surface area contributed by atoms with Gasteiger partial charge in [0, 0.05) is 18.3 Å². The van der Waals surface area contributed by atoms with Gasteiger partial charge in [0.2, 0.25) is 6.79 Å². The molecule has 30 heavy (non-hydrogen) atoms. The third-order valence-corrected chi connectivity index (χ3v) is 5.79. The fourth-order valence-electron chi connectivity index (χ4n) is 3.81. The Morgan fingerprint density at radius 3 is 2.87 bits per heavy atom. The van der Waals surface area contributed by atoms with E-state index in [9.17, 15) is 4.79 Å². The second-order valence-corrected chi connectivity index (χ2v) is 7.75. The van der Waals surface area contributed by atoms with Crippen LogP contribution in [0.1, 0.15) is 55.6 Å². The molecule has 158 valence electrons. The molecule has 1 N–H and O–H groups in total. The standard InChI is InChI=1S/C23H28N4O3/c1-4-6-7-16(5-2)11-25-23(28)18-12-24-22-19(13-26-27(22)15(18)3)17-8-9-20-21(10-17)30-14-29-20/h8-10,12-13,16H,4-7,11,14H2,1-3H3,(H,25,28)/t16-/m1/s1. The first-order valence-electron chi connectivity index (χ1n) is 10.6. The number of amides is 1. The van der Waals surface area contributed by atoms with Crippen LogP contribution in [0.3, 0.4) is 0 Å². The van der Waals surface area contributed by atoms with E-state index < -0.39 is 0 Å². The van der Waals surface area contributed by atoms with Crippen LogP contribution in [0.5, 0.6) is 11.5 Å². The van der Waals surface area contributed by atoms with Gasteiger partial charge in [0.15, 0.2) is 17.1 Å². The molecule has 0 fully saturated rings. The highest BCUT2D eigenvalue weighted by Crippen LogP contribution is 2.36. The van der Waals surface area contributed by atoms with Gasteiger partial charge in [-0.15, -0.1) is 0 Å². The van der Waals surface area contributed by atoms with Crippen LogP contribution in [-0.2, 0) is 0 Å². The van der Waals surface area contributed by atoms with E-state index in [1.807, 2.05) is 25.1 Å². The first-order chi connectivity index (χ1) is 14.6. The molecule has 1 amide bonds. The summed E-state index contributed by atoms with van der Waals surface area (Å²) in [6, 6.07) is 5.78. The van der Waals surface area contributed by atoms with Gasteiger partial charge in [0.1, 0.15) is 0 Å². The quantitative estimate of drug-likeness (QED) is 0.598. The summed E-state index contributed by atoms with van der Waals surface area (Å²) in [5, 5.41) is 7.57. The molecule has 1 aliphatic heterocycles. The second kappa shape index (κ2) is 8.73. The summed E-state index contributed by atoms with van der Waals surface area (Å²) in [6.07, 6.45) is 7.99. The third-order valence-electron chi connectivity index (χ3n) is 5.79. The minimum Gasteiger partial charge on any atom is -0.454 e. The topological polar surface area (TPSA) is 77.8 Å². The molecule has 3 heterocycles. The zero-order valence-electron chi connectivity index (χ0n) is 17.8. The second-order valence-electron chi connectivity index (χ2n) is 7.75.